The van der Waals surface area contributed by atoms with E-state index in [1.165, 1.54) is 0 Å². The molecule has 0 atom stereocenters. The van der Waals surface area contributed by atoms with Crippen LogP contribution in [0, 0.1) is 6.92 Å². The Hall–Kier alpha value is -1.29. The van der Waals surface area contributed by atoms with Crippen molar-refractivity contribution >= 4 is 5.91 Å². The first-order valence-electron chi connectivity index (χ1n) is 4.73. The van der Waals surface area contributed by atoms with Gasteiger partial charge in [0.25, 0.3) is 5.91 Å². The van der Waals surface area contributed by atoms with Crippen LogP contribution in [0.2, 0.25) is 0 Å². The molecule has 0 aliphatic heterocycles. The van der Waals surface area contributed by atoms with Crippen molar-refractivity contribution in [2.45, 2.75) is 13.3 Å². The summed E-state index contributed by atoms with van der Waals surface area (Å²) in [5.74, 6) is 0.992. The summed E-state index contributed by atoms with van der Waals surface area (Å²) in [5, 5.41) is 5.78. The summed E-state index contributed by atoms with van der Waals surface area (Å²) in [6, 6.07) is 3.46. The monoisotopic (exact) mass is 196 g/mol. The first-order chi connectivity index (χ1) is 6.74. The number of rotatable bonds is 5. The highest BCUT2D eigenvalue weighted by Gasteiger charge is 2.07. The number of carbonyl (C=O) groups is 1. The van der Waals surface area contributed by atoms with Gasteiger partial charge in [-0.15, -0.1) is 0 Å². The van der Waals surface area contributed by atoms with Crippen molar-refractivity contribution in [3.63, 3.8) is 0 Å². The van der Waals surface area contributed by atoms with E-state index in [0.29, 0.717) is 12.3 Å². The van der Waals surface area contributed by atoms with Gasteiger partial charge in [-0.2, -0.15) is 0 Å². The van der Waals surface area contributed by atoms with Crippen LogP contribution in [0.25, 0.3) is 0 Å². The second-order valence-electron chi connectivity index (χ2n) is 3.12. The Morgan fingerprint density at radius 2 is 2.21 bits per heavy atom. The summed E-state index contributed by atoms with van der Waals surface area (Å²) in [7, 11) is 1.89. The minimum Gasteiger partial charge on any atom is -0.456 e. The van der Waals surface area contributed by atoms with Crippen LogP contribution < -0.4 is 10.6 Å². The summed E-state index contributed by atoms with van der Waals surface area (Å²) < 4.78 is 5.17. The van der Waals surface area contributed by atoms with E-state index in [9.17, 15) is 4.79 Å². The van der Waals surface area contributed by atoms with Crippen molar-refractivity contribution < 1.29 is 9.21 Å². The molecule has 1 aromatic heterocycles. The van der Waals surface area contributed by atoms with Gasteiger partial charge in [-0.1, -0.05) is 0 Å². The summed E-state index contributed by atoms with van der Waals surface area (Å²) >= 11 is 0. The summed E-state index contributed by atoms with van der Waals surface area (Å²) in [5.41, 5.74) is 0. The fraction of sp³-hybridized carbons (Fsp3) is 0.500. The zero-order valence-corrected chi connectivity index (χ0v) is 8.59. The molecule has 78 valence electrons. The molecule has 1 amide bonds. The Balaban J connectivity index is 2.29. The van der Waals surface area contributed by atoms with E-state index in [2.05, 4.69) is 10.6 Å². The average Bonchev–Trinajstić information content (AvgIpc) is 2.59. The Labute approximate surface area is 83.7 Å². The number of hydrogen-bond donors (Lipinski definition) is 2. The molecule has 0 aliphatic rings. The van der Waals surface area contributed by atoms with Gasteiger partial charge in [-0.3, -0.25) is 4.79 Å². The highest BCUT2D eigenvalue weighted by molar-refractivity contribution is 5.91. The lowest BCUT2D eigenvalue weighted by atomic mass is 10.4. The quantitative estimate of drug-likeness (QED) is 0.689. The molecule has 0 saturated heterocycles. The second-order valence-corrected chi connectivity index (χ2v) is 3.12. The van der Waals surface area contributed by atoms with Gasteiger partial charge in [0.15, 0.2) is 5.76 Å². The second kappa shape index (κ2) is 5.44. The van der Waals surface area contributed by atoms with Crippen molar-refractivity contribution in [3.8, 4) is 0 Å². The van der Waals surface area contributed by atoms with E-state index in [1.807, 2.05) is 14.0 Å². The molecule has 0 radical (unpaired) electrons. The van der Waals surface area contributed by atoms with E-state index in [1.54, 1.807) is 12.1 Å². The third kappa shape index (κ3) is 3.22. The number of carbonyl (C=O) groups excluding carboxylic acids is 1. The highest BCUT2D eigenvalue weighted by Crippen LogP contribution is 2.05. The van der Waals surface area contributed by atoms with Crippen LogP contribution in [0.5, 0.6) is 0 Å². The number of furan rings is 1. The standard InChI is InChI=1S/C10H16N2O2/c1-8-4-5-9(14-8)10(13)12-7-3-6-11-2/h4-5,11H,3,6-7H2,1-2H3,(H,12,13). The molecule has 1 heterocycles. The van der Waals surface area contributed by atoms with Crippen LogP contribution in [0.3, 0.4) is 0 Å². The third-order valence-electron chi connectivity index (χ3n) is 1.85. The summed E-state index contributed by atoms with van der Waals surface area (Å²) in [6.45, 7) is 3.38. The highest BCUT2D eigenvalue weighted by atomic mass is 16.3. The number of amides is 1. The molecule has 4 heteroatoms. The van der Waals surface area contributed by atoms with Crippen molar-refractivity contribution in [2.24, 2.45) is 0 Å². The lowest BCUT2D eigenvalue weighted by molar-refractivity contribution is 0.0924. The molecule has 1 aromatic rings. The van der Waals surface area contributed by atoms with E-state index in [-0.39, 0.29) is 5.91 Å². The van der Waals surface area contributed by atoms with E-state index in [0.717, 1.165) is 18.7 Å². The minimum absolute atomic E-state index is 0.144. The molecule has 0 aliphatic carbocycles. The molecule has 4 nitrogen and oxygen atoms in total. The Bertz CT molecular complexity index is 294. The van der Waals surface area contributed by atoms with Crippen LogP contribution >= 0.6 is 0 Å². The van der Waals surface area contributed by atoms with Crippen molar-refractivity contribution in [2.75, 3.05) is 20.1 Å². The van der Waals surface area contributed by atoms with Gasteiger partial charge in [0, 0.05) is 6.54 Å². The molecular weight excluding hydrogens is 180 g/mol. The van der Waals surface area contributed by atoms with E-state index < -0.39 is 0 Å². The van der Waals surface area contributed by atoms with Crippen molar-refractivity contribution in [1.29, 1.82) is 0 Å². The van der Waals surface area contributed by atoms with Crippen LogP contribution in [0.15, 0.2) is 16.5 Å². The largest absolute Gasteiger partial charge is 0.456 e. The normalized spacial score (nSPS) is 10.1. The SMILES string of the molecule is CNCCCNC(=O)c1ccc(C)o1. The summed E-state index contributed by atoms with van der Waals surface area (Å²) in [6.07, 6.45) is 0.919. The first-order valence-corrected chi connectivity index (χ1v) is 4.73. The lowest BCUT2D eigenvalue weighted by Gasteiger charge is -2.01. The first kappa shape index (κ1) is 10.8. The maximum Gasteiger partial charge on any atom is 0.286 e. The maximum absolute atomic E-state index is 11.4. The smallest absolute Gasteiger partial charge is 0.286 e. The van der Waals surface area contributed by atoms with Gasteiger partial charge in [0.2, 0.25) is 0 Å². The zero-order valence-electron chi connectivity index (χ0n) is 8.59. The van der Waals surface area contributed by atoms with Crippen LogP contribution in [0.1, 0.15) is 22.7 Å². The molecule has 0 bridgehead atoms. The van der Waals surface area contributed by atoms with Gasteiger partial charge in [-0.25, -0.2) is 0 Å². The summed E-state index contributed by atoms with van der Waals surface area (Å²) in [4.78, 5) is 11.4. The molecule has 0 fully saturated rings. The van der Waals surface area contributed by atoms with Gasteiger partial charge >= 0.3 is 0 Å². The van der Waals surface area contributed by atoms with Gasteiger partial charge in [0.1, 0.15) is 5.76 Å². The fourth-order valence-electron chi connectivity index (χ4n) is 1.11. The lowest BCUT2D eigenvalue weighted by Crippen LogP contribution is -2.26. The van der Waals surface area contributed by atoms with Crippen LogP contribution in [-0.2, 0) is 0 Å². The number of aryl methyl sites for hydroxylation is 1. The predicted molar refractivity (Wildman–Crippen MR) is 54.3 cm³/mol. The number of nitrogens with one attached hydrogen (secondary N) is 2. The number of hydrogen-bond acceptors (Lipinski definition) is 3. The minimum atomic E-state index is -0.144. The predicted octanol–water partition coefficient (Wildman–Crippen LogP) is 0.927. The Morgan fingerprint density at radius 1 is 1.43 bits per heavy atom. The fourth-order valence-corrected chi connectivity index (χ4v) is 1.11. The molecule has 0 saturated carbocycles. The van der Waals surface area contributed by atoms with Gasteiger partial charge in [-0.05, 0) is 39.1 Å². The Kier molecular flexibility index (Phi) is 4.19. The van der Waals surface area contributed by atoms with Gasteiger partial charge < -0.3 is 15.1 Å². The van der Waals surface area contributed by atoms with Crippen LogP contribution in [0.4, 0.5) is 0 Å². The molecular formula is C10H16N2O2. The Morgan fingerprint density at radius 3 is 2.79 bits per heavy atom. The third-order valence-corrected chi connectivity index (χ3v) is 1.85. The maximum atomic E-state index is 11.4. The van der Waals surface area contributed by atoms with E-state index in [4.69, 9.17) is 4.42 Å². The average molecular weight is 196 g/mol. The topological polar surface area (TPSA) is 54.3 Å². The van der Waals surface area contributed by atoms with E-state index >= 15 is 0 Å². The molecule has 1 rings (SSSR count). The molecule has 0 spiro atoms. The van der Waals surface area contributed by atoms with Gasteiger partial charge in [0.05, 0.1) is 0 Å². The van der Waals surface area contributed by atoms with Crippen LogP contribution in [-0.4, -0.2) is 26.0 Å². The molecule has 0 unspecified atom stereocenters. The molecule has 2 N–H and O–H groups in total. The van der Waals surface area contributed by atoms with Crippen molar-refractivity contribution in [1.82, 2.24) is 10.6 Å². The molecule has 14 heavy (non-hydrogen) atoms. The van der Waals surface area contributed by atoms with Crippen molar-refractivity contribution in [3.05, 3.63) is 23.7 Å². The molecule has 0 aromatic carbocycles. The zero-order chi connectivity index (χ0) is 10.4.